The highest BCUT2D eigenvalue weighted by Crippen LogP contribution is 2.18. The molecule has 1 aromatic heterocycles. The molecule has 23 heavy (non-hydrogen) atoms. The zero-order chi connectivity index (χ0) is 16.2. The summed E-state index contributed by atoms with van der Waals surface area (Å²) in [6.07, 6.45) is 0. The fourth-order valence-corrected chi connectivity index (χ4v) is 2.59. The van der Waals surface area contributed by atoms with Crippen LogP contribution in [0.3, 0.4) is 0 Å². The number of benzene rings is 1. The zero-order valence-electron chi connectivity index (χ0n) is 12.9. The first-order valence-corrected chi connectivity index (χ1v) is 7.84. The Morgan fingerprint density at radius 2 is 1.91 bits per heavy atom. The second-order valence-electron chi connectivity index (χ2n) is 5.53. The summed E-state index contributed by atoms with van der Waals surface area (Å²) in [5.74, 6) is 0.502. The fourth-order valence-electron chi connectivity index (χ4n) is 2.40. The number of nitrogens with one attached hydrogen (secondary N) is 1. The number of carbonyl (C=O) groups is 1. The van der Waals surface area contributed by atoms with Crippen molar-refractivity contribution in [1.29, 1.82) is 0 Å². The quantitative estimate of drug-likeness (QED) is 0.934. The molecule has 7 heteroatoms. The standard InChI is InChI=1S/C16H18ClN5O/c1-21-7-9-22(10-8-21)16(23)14-5-6-15(20-19-14)18-13-4-2-3-12(17)11-13/h2-6,11H,7-10H2,1H3,(H,18,20). The van der Waals surface area contributed by atoms with Crippen LogP contribution in [0.5, 0.6) is 0 Å². The number of carbonyl (C=O) groups excluding carboxylic acids is 1. The summed E-state index contributed by atoms with van der Waals surface area (Å²) in [5, 5.41) is 11.9. The van der Waals surface area contributed by atoms with E-state index in [0.717, 1.165) is 31.9 Å². The van der Waals surface area contributed by atoms with Gasteiger partial charge in [-0.2, -0.15) is 0 Å². The Hall–Kier alpha value is -2.18. The van der Waals surface area contributed by atoms with E-state index in [1.165, 1.54) is 0 Å². The van der Waals surface area contributed by atoms with Crippen molar-refractivity contribution in [2.45, 2.75) is 0 Å². The molecule has 0 spiro atoms. The molecule has 1 aromatic carbocycles. The van der Waals surface area contributed by atoms with E-state index in [1.54, 1.807) is 24.3 Å². The van der Waals surface area contributed by atoms with Crippen LogP contribution in [-0.2, 0) is 0 Å². The van der Waals surface area contributed by atoms with Gasteiger partial charge in [-0.15, -0.1) is 10.2 Å². The minimum Gasteiger partial charge on any atom is -0.339 e. The highest BCUT2D eigenvalue weighted by Gasteiger charge is 2.21. The minimum atomic E-state index is -0.0695. The molecule has 0 radical (unpaired) electrons. The van der Waals surface area contributed by atoms with E-state index >= 15 is 0 Å². The van der Waals surface area contributed by atoms with Crippen molar-refractivity contribution in [3.05, 3.63) is 47.1 Å². The number of likely N-dealkylation sites (N-methyl/N-ethyl adjacent to an activating group) is 1. The molecule has 6 nitrogen and oxygen atoms in total. The van der Waals surface area contributed by atoms with Gasteiger partial charge in [0, 0.05) is 36.9 Å². The Morgan fingerprint density at radius 1 is 1.13 bits per heavy atom. The van der Waals surface area contributed by atoms with Crippen LogP contribution in [0.4, 0.5) is 11.5 Å². The molecule has 1 aliphatic heterocycles. The first kappa shape index (κ1) is 15.7. The van der Waals surface area contributed by atoms with Crippen LogP contribution >= 0.6 is 11.6 Å². The van der Waals surface area contributed by atoms with Crippen molar-refractivity contribution in [2.75, 3.05) is 38.5 Å². The van der Waals surface area contributed by atoms with E-state index < -0.39 is 0 Å². The molecule has 1 amide bonds. The number of anilines is 2. The molecule has 0 aliphatic carbocycles. The van der Waals surface area contributed by atoms with Crippen molar-refractivity contribution in [3.63, 3.8) is 0 Å². The smallest absolute Gasteiger partial charge is 0.274 e. The van der Waals surface area contributed by atoms with Gasteiger partial charge in [-0.1, -0.05) is 17.7 Å². The van der Waals surface area contributed by atoms with Gasteiger partial charge in [0.25, 0.3) is 5.91 Å². The van der Waals surface area contributed by atoms with E-state index in [-0.39, 0.29) is 5.91 Å². The topological polar surface area (TPSA) is 61.4 Å². The van der Waals surface area contributed by atoms with Crippen molar-refractivity contribution >= 4 is 29.0 Å². The van der Waals surface area contributed by atoms with Gasteiger partial charge in [0.15, 0.2) is 11.5 Å². The molecule has 3 rings (SSSR count). The molecule has 0 saturated carbocycles. The summed E-state index contributed by atoms with van der Waals surface area (Å²) in [4.78, 5) is 16.4. The molecular weight excluding hydrogens is 314 g/mol. The molecule has 0 atom stereocenters. The lowest BCUT2D eigenvalue weighted by molar-refractivity contribution is 0.0657. The number of rotatable bonds is 3. The number of nitrogens with zero attached hydrogens (tertiary/aromatic N) is 4. The van der Waals surface area contributed by atoms with Gasteiger partial charge in [0.2, 0.25) is 0 Å². The molecule has 2 heterocycles. The van der Waals surface area contributed by atoms with E-state index in [0.29, 0.717) is 16.5 Å². The zero-order valence-corrected chi connectivity index (χ0v) is 13.6. The van der Waals surface area contributed by atoms with E-state index in [1.807, 2.05) is 17.0 Å². The maximum Gasteiger partial charge on any atom is 0.274 e. The van der Waals surface area contributed by atoms with Crippen LogP contribution in [0.15, 0.2) is 36.4 Å². The van der Waals surface area contributed by atoms with Crippen LogP contribution in [0.1, 0.15) is 10.5 Å². The van der Waals surface area contributed by atoms with Gasteiger partial charge in [-0.3, -0.25) is 4.79 Å². The summed E-state index contributed by atoms with van der Waals surface area (Å²) in [7, 11) is 2.05. The monoisotopic (exact) mass is 331 g/mol. The van der Waals surface area contributed by atoms with Crippen molar-refractivity contribution in [2.24, 2.45) is 0 Å². The summed E-state index contributed by atoms with van der Waals surface area (Å²) in [6.45, 7) is 3.21. The van der Waals surface area contributed by atoms with Crippen LogP contribution in [0.2, 0.25) is 5.02 Å². The lowest BCUT2D eigenvalue weighted by Crippen LogP contribution is -2.47. The first-order valence-electron chi connectivity index (χ1n) is 7.46. The Bertz CT molecular complexity index is 683. The molecule has 1 saturated heterocycles. The first-order chi connectivity index (χ1) is 11.1. The lowest BCUT2D eigenvalue weighted by atomic mass is 10.2. The van der Waals surface area contributed by atoms with Gasteiger partial charge in [-0.25, -0.2) is 0 Å². The van der Waals surface area contributed by atoms with Crippen LogP contribution in [-0.4, -0.2) is 59.1 Å². The number of hydrogen-bond acceptors (Lipinski definition) is 5. The number of halogens is 1. The molecule has 0 bridgehead atoms. The molecule has 120 valence electrons. The molecule has 0 unspecified atom stereocenters. The number of hydrogen-bond donors (Lipinski definition) is 1. The van der Waals surface area contributed by atoms with Crippen LogP contribution < -0.4 is 5.32 Å². The number of piperazine rings is 1. The third-order valence-electron chi connectivity index (χ3n) is 3.77. The largest absolute Gasteiger partial charge is 0.339 e. The maximum absolute atomic E-state index is 12.4. The fraction of sp³-hybridized carbons (Fsp3) is 0.312. The Balaban J connectivity index is 1.66. The number of amides is 1. The average molecular weight is 332 g/mol. The second kappa shape index (κ2) is 6.93. The molecule has 1 fully saturated rings. The summed E-state index contributed by atoms with van der Waals surface area (Å²) >= 11 is 5.94. The molecule has 1 aliphatic rings. The van der Waals surface area contributed by atoms with Crippen LogP contribution in [0.25, 0.3) is 0 Å². The lowest BCUT2D eigenvalue weighted by Gasteiger charge is -2.32. The molecule has 2 aromatic rings. The maximum atomic E-state index is 12.4. The third kappa shape index (κ3) is 3.97. The summed E-state index contributed by atoms with van der Waals surface area (Å²) < 4.78 is 0. The van der Waals surface area contributed by atoms with Gasteiger partial charge in [0.1, 0.15) is 0 Å². The Kier molecular flexibility index (Phi) is 4.73. The summed E-state index contributed by atoms with van der Waals surface area (Å²) in [6, 6.07) is 10.8. The summed E-state index contributed by atoms with van der Waals surface area (Å²) in [5.41, 5.74) is 1.19. The SMILES string of the molecule is CN1CCN(C(=O)c2ccc(Nc3cccc(Cl)c3)nn2)CC1. The van der Waals surface area contributed by atoms with Gasteiger partial charge in [-0.05, 0) is 37.4 Å². The third-order valence-corrected chi connectivity index (χ3v) is 4.01. The second-order valence-corrected chi connectivity index (χ2v) is 5.97. The average Bonchev–Trinajstić information content (AvgIpc) is 2.56. The predicted octanol–water partition coefficient (Wildman–Crippen LogP) is 2.26. The molecular formula is C16H18ClN5O. The van der Waals surface area contributed by atoms with Gasteiger partial charge >= 0.3 is 0 Å². The minimum absolute atomic E-state index is 0.0695. The van der Waals surface area contributed by atoms with E-state index in [2.05, 4.69) is 27.5 Å². The number of aromatic nitrogens is 2. The normalized spacial score (nSPS) is 15.5. The van der Waals surface area contributed by atoms with Crippen molar-refractivity contribution in [1.82, 2.24) is 20.0 Å². The van der Waals surface area contributed by atoms with Crippen molar-refractivity contribution in [3.8, 4) is 0 Å². The van der Waals surface area contributed by atoms with Crippen molar-refractivity contribution < 1.29 is 4.79 Å². The Morgan fingerprint density at radius 3 is 2.57 bits per heavy atom. The van der Waals surface area contributed by atoms with E-state index in [9.17, 15) is 4.79 Å². The highest BCUT2D eigenvalue weighted by atomic mass is 35.5. The van der Waals surface area contributed by atoms with E-state index in [4.69, 9.17) is 11.6 Å². The predicted molar refractivity (Wildman–Crippen MR) is 90.2 cm³/mol. The van der Waals surface area contributed by atoms with Gasteiger partial charge < -0.3 is 15.1 Å². The van der Waals surface area contributed by atoms with Gasteiger partial charge in [0.05, 0.1) is 0 Å². The molecule has 1 N–H and O–H groups in total. The Labute approximate surface area is 140 Å². The van der Waals surface area contributed by atoms with Crippen LogP contribution in [0, 0.1) is 0 Å². The highest BCUT2D eigenvalue weighted by molar-refractivity contribution is 6.30.